The monoisotopic (exact) mass is 305 g/mol. The van der Waals surface area contributed by atoms with E-state index in [0.29, 0.717) is 22.0 Å². The normalized spacial score (nSPS) is 10.9. The van der Waals surface area contributed by atoms with Crippen LogP contribution >= 0.6 is 11.3 Å². The molecular formula is C12H11N5O3S. The zero-order chi connectivity index (χ0) is 14.8. The molecule has 3 rings (SSSR count). The van der Waals surface area contributed by atoms with E-state index in [1.165, 1.54) is 22.2 Å². The number of carbonyl (C=O) groups is 1. The van der Waals surface area contributed by atoms with Crippen LogP contribution in [0.3, 0.4) is 0 Å². The number of hydrogen-bond acceptors (Lipinski definition) is 7. The summed E-state index contributed by atoms with van der Waals surface area (Å²) < 4.78 is 6.95. The molecular weight excluding hydrogens is 294 g/mol. The summed E-state index contributed by atoms with van der Waals surface area (Å²) in [6.45, 7) is 1.69. The van der Waals surface area contributed by atoms with Crippen molar-refractivity contribution < 1.29 is 9.21 Å². The van der Waals surface area contributed by atoms with Crippen molar-refractivity contribution in [2.24, 2.45) is 0 Å². The van der Waals surface area contributed by atoms with Gasteiger partial charge >= 0.3 is 0 Å². The molecule has 0 saturated carbocycles. The summed E-state index contributed by atoms with van der Waals surface area (Å²) in [4.78, 5) is 28.1. The van der Waals surface area contributed by atoms with Gasteiger partial charge in [-0.15, -0.1) is 21.5 Å². The second-order valence-electron chi connectivity index (χ2n) is 4.30. The van der Waals surface area contributed by atoms with Crippen LogP contribution in [0.4, 0.5) is 0 Å². The quantitative estimate of drug-likeness (QED) is 0.751. The van der Waals surface area contributed by atoms with Gasteiger partial charge in [0.05, 0.1) is 18.4 Å². The molecule has 3 aromatic rings. The van der Waals surface area contributed by atoms with Gasteiger partial charge < -0.3 is 9.73 Å². The zero-order valence-electron chi connectivity index (χ0n) is 11.1. The number of nitrogens with zero attached hydrogens (tertiary/aromatic N) is 4. The van der Waals surface area contributed by atoms with Gasteiger partial charge in [-0.1, -0.05) is 0 Å². The van der Waals surface area contributed by atoms with E-state index in [9.17, 15) is 9.59 Å². The fourth-order valence-electron chi connectivity index (χ4n) is 1.79. The Hall–Kier alpha value is -2.55. The maximum absolute atomic E-state index is 12.1. The first kappa shape index (κ1) is 13.4. The van der Waals surface area contributed by atoms with Gasteiger partial charge in [0, 0.05) is 6.92 Å². The maximum atomic E-state index is 12.1. The van der Waals surface area contributed by atoms with Crippen LogP contribution in [0.25, 0.3) is 10.2 Å². The summed E-state index contributed by atoms with van der Waals surface area (Å²) >= 11 is 1.31. The summed E-state index contributed by atoms with van der Waals surface area (Å²) in [5.74, 6) is 0.425. The number of thiophene rings is 1. The fraction of sp³-hybridized carbons (Fsp3) is 0.250. The molecule has 0 aromatic carbocycles. The molecule has 0 atom stereocenters. The first-order chi connectivity index (χ1) is 10.1. The molecule has 1 N–H and O–H groups in total. The molecule has 0 aliphatic carbocycles. The molecule has 9 heteroatoms. The Balaban J connectivity index is 1.68. The number of hydrogen-bond donors (Lipinski definition) is 1. The van der Waals surface area contributed by atoms with Crippen molar-refractivity contribution in [1.29, 1.82) is 0 Å². The summed E-state index contributed by atoms with van der Waals surface area (Å²) in [5, 5.41) is 11.8. The maximum Gasteiger partial charge on any atom is 0.271 e. The number of amides is 1. The summed E-state index contributed by atoms with van der Waals surface area (Å²) in [6, 6.07) is 1.77. The van der Waals surface area contributed by atoms with Crippen molar-refractivity contribution in [3.05, 3.63) is 39.9 Å². The highest BCUT2D eigenvalue weighted by atomic mass is 32.1. The van der Waals surface area contributed by atoms with Crippen LogP contribution in [0.2, 0.25) is 0 Å². The highest BCUT2D eigenvalue weighted by molar-refractivity contribution is 7.17. The molecule has 108 valence electrons. The van der Waals surface area contributed by atoms with Crippen LogP contribution in [0, 0.1) is 6.92 Å². The molecule has 0 radical (unpaired) electrons. The van der Waals surface area contributed by atoms with E-state index < -0.39 is 0 Å². The van der Waals surface area contributed by atoms with E-state index in [1.807, 2.05) is 0 Å². The van der Waals surface area contributed by atoms with Gasteiger partial charge in [0.2, 0.25) is 17.7 Å². The molecule has 0 unspecified atom stereocenters. The molecule has 0 saturated heterocycles. The third-order valence-corrected chi connectivity index (χ3v) is 3.65. The molecule has 0 aliphatic heterocycles. The SMILES string of the molecule is Cc1nnc(CNC(=O)Cn2cnc3ccsc3c2=O)o1. The molecule has 3 heterocycles. The first-order valence-electron chi connectivity index (χ1n) is 6.12. The Kier molecular flexibility index (Phi) is 3.48. The van der Waals surface area contributed by atoms with Crippen molar-refractivity contribution in [2.45, 2.75) is 20.0 Å². The van der Waals surface area contributed by atoms with E-state index in [-0.39, 0.29) is 24.6 Å². The Morgan fingerprint density at radius 2 is 2.33 bits per heavy atom. The van der Waals surface area contributed by atoms with Gasteiger partial charge in [-0.3, -0.25) is 14.2 Å². The van der Waals surface area contributed by atoms with E-state index in [1.54, 1.807) is 18.4 Å². The van der Waals surface area contributed by atoms with E-state index in [2.05, 4.69) is 20.5 Å². The lowest BCUT2D eigenvalue weighted by atomic mass is 10.4. The van der Waals surface area contributed by atoms with Crippen LogP contribution in [-0.2, 0) is 17.9 Å². The third kappa shape index (κ3) is 2.82. The van der Waals surface area contributed by atoms with Crippen molar-refractivity contribution in [3.63, 3.8) is 0 Å². The van der Waals surface area contributed by atoms with Gasteiger partial charge in [0.15, 0.2) is 0 Å². The summed E-state index contributed by atoms with van der Waals surface area (Å²) in [7, 11) is 0. The Morgan fingerprint density at radius 1 is 1.48 bits per heavy atom. The van der Waals surface area contributed by atoms with Gasteiger partial charge in [-0.05, 0) is 11.4 Å². The average molecular weight is 305 g/mol. The minimum absolute atomic E-state index is 0.104. The highest BCUT2D eigenvalue weighted by Crippen LogP contribution is 2.12. The fourth-order valence-corrected chi connectivity index (χ4v) is 2.58. The van der Waals surface area contributed by atoms with Gasteiger partial charge in [-0.2, -0.15) is 0 Å². The van der Waals surface area contributed by atoms with Gasteiger partial charge in [0.25, 0.3) is 5.56 Å². The van der Waals surface area contributed by atoms with E-state index in [4.69, 9.17) is 4.42 Å². The minimum atomic E-state index is -0.328. The molecule has 0 fully saturated rings. The van der Waals surface area contributed by atoms with Crippen LogP contribution in [0.15, 0.2) is 27.0 Å². The third-order valence-electron chi connectivity index (χ3n) is 2.75. The molecule has 0 aliphatic rings. The van der Waals surface area contributed by atoms with Crippen LogP contribution in [0.1, 0.15) is 11.8 Å². The van der Waals surface area contributed by atoms with Crippen molar-refractivity contribution in [1.82, 2.24) is 25.1 Å². The topological polar surface area (TPSA) is 103 Å². The summed E-state index contributed by atoms with van der Waals surface area (Å²) in [5.41, 5.74) is 0.418. The minimum Gasteiger partial charge on any atom is -0.424 e. The largest absolute Gasteiger partial charge is 0.424 e. The molecule has 0 bridgehead atoms. The molecule has 0 spiro atoms. The van der Waals surface area contributed by atoms with E-state index >= 15 is 0 Å². The zero-order valence-corrected chi connectivity index (χ0v) is 11.9. The predicted octanol–water partition coefficient (Wildman–Crippen LogP) is 0.466. The van der Waals surface area contributed by atoms with Crippen molar-refractivity contribution in [3.8, 4) is 0 Å². The van der Waals surface area contributed by atoms with Crippen LogP contribution in [-0.4, -0.2) is 25.7 Å². The molecule has 3 aromatic heterocycles. The number of fused-ring (bicyclic) bond motifs is 1. The highest BCUT2D eigenvalue weighted by Gasteiger charge is 2.10. The van der Waals surface area contributed by atoms with E-state index in [0.717, 1.165) is 0 Å². The van der Waals surface area contributed by atoms with Crippen LogP contribution in [0.5, 0.6) is 0 Å². The van der Waals surface area contributed by atoms with Crippen molar-refractivity contribution >= 4 is 27.5 Å². The number of rotatable bonds is 4. The van der Waals surface area contributed by atoms with Crippen LogP contribution < -0.4 is 10.9 Å². The van der Waals surface area contributed by atoms with Crippen molar-refractivity contribution in [2.75, 3.05) is 0 Å². The number of aromatic nitrogens is 4. The lowest BCUT2D eigenvalue weighted by molar-refractivity contribution is -0.122. The smallest absolute Gasteiger partial charge is 0.271 e. The second kappa shape index (κ2) is 5.44. The Morgan fingerprint density at radius 3 is 3.10 bits per heavy atom. The lowest BCUT2D eigenvalue weighted by Gasteiger charge is -2.05. The second-order valence-corrected chi connectivity index (χ2v) is 5.22. The molecule has 8 nitrogen and oxygen atoms in total. The molecule has 1 amide bonds. The number of nitrogens with one attached hydrogen (secondary N) is 1. The lowest BCUT2D eigenvalue weighted by Crippen LogP contribution is -2.32. The van der Waals surface area contributed by atoms with Gasteiger partial charge in [-0.25, -0.2) is 4.98 Å². The standard InChI is InChI=1S/C12H11N5O3S/c1-7-15-16-10(20-7)4-13-9(18)5-17-6-14-8-2-3-21-11(8)12(17)19/h2-3,6H,4-5H2,1H3,(H,13,18). The summed E-state index contributed by atoms with van der Waals surface area (Å²) in [6.07, 6.45) is 1.37. The Labute approximate surface area is 122 Å². The van der Waals surface area contributed by atoms with Gasteiger partial charge in [0.1, 0.15) is 11.2 Å². The predicted molar refractivity (Wildman–Crippen MR) is 74.8 cm³/mol. The first-order valence-corrected chi connectivity index (χ1v) is 7.00. The Bertz CT molecular complexity index is 850. The molecule has 21 heavy (non-hydrogen) atoms. The average Bonchev–Trinajstić information content (AvgIpc) is 3.09. The number of aryl methyl sites for hydroxylation is 1. The number of carbonyl (C=O) groups excluding carboxylic acids is 1.